The molecule has 33 heavy (non-hydrogen) atoms. The lowest BCUT2D eigenvalue weighted by molar-refractivity contribution is -0.144. The average Bonchev–Trinajstić information content (AvgIpc) is 3.57. The van der Waals surface area contributed by atoms with Crippen LogP contribution in [0.1, 0.15) is 46.8 Å². The number of rotatable bonds is 9. The molecule has 1 aliphatic carbocycles. The van der Waals surface area contributed by atoms with Crippen LogP contribution in [-0.4, -0.2) is 28.2 Å². The van der Waals surface area contributed by atoms with E-state index in [0.717, 1.165) is 36.1 Å². The normalized spacial score (nSPS) is 13.9. The molecule has 2 aromatic heterocycles. The number of carbonyl (C=O) groups is 2. The fourth-order valence-electron chi connectivity index (χ4n) is 4.30. The Morgan fingerprint density at radius 1 is 1.00 bits per heavy atom. The van der Waals surface area contributed by atoms with Gasteiger partial charge in [-0.15, -0.1) is 11.3 Å². The molecule has 0 radical (unpaired) electrons. The third kappa shape index (κ3) is 6.32. The monoisotopic (exact) mass is 468 g/mol. The molecule has 0 N–H and O–H groups in total. The first kappa shape index (κ1) is 23.2. The van der Waals surface area contributed by atoms with E-state index in [0.29, 0.717) is 18.8 Å². The lowest BCUT2D eigenvalue weighted by Crippen LogP contribution is -2.43. The molecule has 1 aliphatic rings. The third-order valence-electron chi connectivity index (χ3n) is 6.05. The Hall–Kier alpha value is -2.93. The molecular weight excluding hydrogens is 439 g/mol. The van der Waals surface area contributed by atoms with Crippen molar-refractivity contribution in [3.63, 3.8) is 0 Å². The van der Waals surface area contributed by atoms with E-state index in [9.17, 15) is 14.0 Å². The van der Waals surface area contributed by atoms with E-state index in [1.54, 1.807) is 45.6 Å². The minimum absolute atomic E-state index is 0.0123. The molecule has 4 rings (SSSR count). The highest BCUT2D eigenvalue weighted by Crippen LogP contribution is 2.27. The van der Waals surface area contributed by atoms with Gasteiger partial charge in [-0.2, -0.15) is 0 Å². The standard InChI is InChI=1S/C26H29FN2O3S/c1-19-8-13-24(33-19)17-28(15-20-9-11-22(27)12-10-20)25(30)18-29(16-23-7-4-14-32-23)26(31)21-5-2-3-6-21/h4,7-14,21H,2-3,5-6,15-18H2,1H3. The Balaban J connectivity index is 1.53. The van der Waals surface area contributed by atoms with Crippen LogP contribution in [0, 0.1) is 18.7 Å². The molecule has 5 nitrogen and oxygen atoms in total. The Labute approximate surface area is 197 Å². The zero-order chi connectivity index (χ0) is 23.2. The van der Waals surface area contributed by atoms with Gasteiger partial charge in [0.2, 0.25) is 11.8 Å². The van der Waals surface area contributed by atoms with Crippen molar-refractivity contribution in [1.82, 2.24) is 9.80 Å². The molecular formula is C26H29FN2O3S. The highest BCUT2D eigenvalue weighted by molar-refractivity contribution is 7.11. The lowest BCUT2D eigenvalue weighted by Gasteiger charge is -2.29. The van der Waals surface area contributed by atoms with Gasteiger partial charge >= 0.3 is 0 Å². The number of furan rings is 1. The molecule has 0 bridgehead atoms. The summed E-state index contributed by atoms with van der Waals surface area (Å²) in [6.45, 7) is 3.09. The van der Waals surface area contributed by atoms with Crippen molar-refractivity contribution < 1.29 is 18.4 Å². The van der Waals surface area contributed by atoms with Crippen molar-refractivity contribution in [2.24, 2.45) is 5.92 Å². The van der Waals surface area contributed by atoms with Crippen molar-refractivity contribution in [3.8, 4) is 0 Å². The van der Waals surface area contributed by atoms with Crippen LogP contribution in [0.5, 0.6) is 0 Å². The Bertz CT molecular complexity index is 1060. The SMILES string of the molecule is Cc1ccc(CN(Cc2ccc(F)cc2)C(=O)CN(Cc2ccco2)C(=O)C2CCCC2)s1. The summed E-state index contributed by atoms with van der Waals surface area (Å²) in [5.74, 6) is 0.206. The molecule has 2 heterocycles. The maximum atomic E-state index is 13.5. The van der Waals surface area contributed by atoms with Gasteiger partial charge in [0, 0.05) is 22.2 Å². The number of nitrogens with zero attached hydrogens (tertiary/aromatic N) is 2. The molecule has 0 atom stereocenters. The summed E-state index contributed by atoms with van der Waals surface area (Å²) >= 11 is 1.65. The number of hydrogen-bond acceptors (Lipinski definition) is 4. The van der Waals surface area contributed by atoms with Gasteiger partial charge in [0.25, 0.3) is 0 Å². The van der Waals surface area contributed by atoms with Crippen LogP contribution in [0.2, 0.25) is 0 Å². The number of amides is 2. The van der Waals surface area contributed by atoms with Gasteiger partial charge in [0.15, 0.2) is 0 Å². The van der Waals surface area contributed by atoms with E-state index in [1.165, 1.54) is 17.0 Å². The van der Waals surface area contributed by atoms with Gasteiger partial charge in [-0.25, -0.2) is 4.39 Å². The molecule has 0 unspecified atom stereocenters. The second-order valence-corrected chi connectivity index (χ2v) is 10.0. The summed E-state index contributed by atoms with van der Waals surface area (Å²) in [5.41, 5.74) is 0.845. The molecule has 0 spiro atoms. The van der Waals surface area contributed by atoms with Crippen LogP contribution in [0.3, 0.4) is 0 Å². The molecule has 1 fully saturated rings. The molecule has 7 heteroatoms. The molecule has 3 aromatic rings. The predicted octanol–water partition coefficient (Wildman–Crippen LogP) is 5.54. The Morgan fingerprint density at radius 2 is 1.76 bits per heavy atom. The first-order valence-corrected chi connectivity index (χ1v) is 12.2. The Kier molecular flexibility index (Phi) is 7.60. The molecule has 0 saturated heterocycles. The highest BCUT2D eigenvalue weighted by Gasteiger charge is 2.30. The summed E-state index contributed by atoms with van der Waals surface area (Å²) in [7, 11) is 0. The summed E-state index contributed by atoms with van der Waals surface area (Å²) in [6.07, 6.45) is 5.42. The first-order valence-electron chi connectivity index (χ1n) is 11.4. The van der Waals surface area contributed by atoms with Crippen molar-refractivity contribution in [2.75, 3.05) is 6.54 Å². The predicted molar refractivity (Wildman–Crippen MR) is 126 cm³/mol. The zero-order valence-corrected chi connectivity index (χ0v) is 19.7. The van der Waals surface area contributed by atoms with Gasteiger partial charge in [-0.05, 0) is 61.7 Å². The fraction of sp³-hybridized carbons (Fsp3) is 0.385. The summed E-state index contributed by atoms with van der Waals surface area (Å²) in [5, 5.41) is 0. The smallest absolute Gasteiger partial charge is 0.242 e. The van der Waals surface area contributed by atoms with Crippen molar-refractivity contribution in [1.29, 1.82) is 0 Å². The van der Waals surface area contributed by atoms with E-state index >= 15 is 0 Å². The van der Waals surface area contributed by atoms with E-state index in [4.69, 9.17) is 4.42 Å². The minimum Gasteiger partial charge on any atom is -0.467 e. The van der Waals surface area contributed by atoms with Crippen molar-refractivity contribution in [3.05, 3.63) is 81.7 Å². The van der Waals surface area contributed by atoms with Crippen LogP contribution in [0.15, 0.2) is 59.2 Å². The maximum Gasteiger partial charge on any atom is 0.242 e. The molecule has 0 aliphatic heterocycles. The zero-order valence-electron chi connectivity index (χ0n) is 18.8. The maximum absolute atomic E-state index is 13.5. The number of halogens is 1. The minimum atomic E-state index is -0.308. The van der Waals surface area contributed by atoms with E-state index in [1.807, 2.05) is 25.1 Å². The van der Waals surface area contributed by atoms with Gasteiger partial charge < -0.3 is 14.2 Å². The van der Waals surface area contributed by atoms with Gasteiger partial charge in [-0.1, -0.05) is 25.0 Å². The van der Waals surface area contributed by atoms with Gasteiger partial charge in [0.05, 0.1) is 19.4 Å². The van der Waals surface area contributed by atoms with Crippen LogP contribution >= 0.6 is 11.3 Å². The van der Waals surface area contributed by atoms with Gasteiger partial charge in [0.1, 0.15) is 18.1 Å². The number of aryl methyl sites for hydroxylation is 1. The third-order valence-corrected chi connectivity index (χ3v) is 7.04. The summed E-state index contributed by atoms with van der Waals surface area (Å²) in [6, 6.07) is 13.9. The number of carbonyl (C=O) groups excluding carboxylic acids is 2. The fourth-order valence-corrected chi connectivity index (χ4v) is 5.20. The number of benzene rings is 1. The van der Waals surface area contributed by atoms with Crippen LogP contribution in [0.4, 0.5) is 4.39 Å². The molecule has 1 saturated carbocycles. The summed E-state index contributed by atoms with van der Waals surface area (Å²) < 4.78 is 18.9. The van der Waals surface area contributed by atoms with Crippen LogP contribution in [-0.2, 0) is 29.2 Å². The second-order valence-electron chi connectivity index (χ2n) is 8.64. The van der Waals surface area contributed by atoms with E-state index in [-0.39, 0.29) is 36.6 Å². The van der Waals surface area contributed by atoms with Crippen molar-refractivity contribution in [2.45, 2.75) is 52.2 Å². The number of thiophene rings is 1. The summed E-state index contributed by atoms with van der Waals surface area (Å²) in [4.78, 5) is 32.4. The average molecular weight is 469 g/mol. The van der Waals surface area contributed by atoms with E-state index < -0.39 is 0 Å². The Morgan fingerprint density at radius 3 is 2.39 bits per heavy atom. The quantitative estimate of drug-likeness (QED) is 0.415. The molecule has 1 aromatic carbocycles. The van der Waals surface area contributed by atoms with E-state index in [2.05, 4.69) is 0 Å². The molecule has 2 amide bonds. The largest absolute Gasteiger partial charge is 0.467 e. The second kappa shape index (κ2) is 10.8. The highest BCUT2D eigenvalue weighted by atomic mass is 32.1. The van der Waals surface area contributed by atoms with Crippen LogP contribution in [0.25, 0.3) is 0 Å². The first-order chi connectivity index (χ1) is 16.0. The number of hydrogen-bond donors (Lipinski definition) is 0. The van der Waals surface area contributed by atoms with Gasteiger partial charge in [-0.3, -0.25) is 9.59 Å². The molecule has 174 valence electrons. The topological polar surface area (TPSA) is 53.8 Å². The van der Waals surface area contributed by atoms with Crippen LogP contribution < -0.4 is 0 Å². The lowest BCUT2D eigenvalue weighted by atomic mass is 10.1. The van der Waals surface area contributed by atoms with Crippen molar-refractivity contribution >= 4 is 23.2 Å².